The van der Waals surface area contributed by atoms with Gasteiger partial charge >= 0.3 is 0 Å². The zero-order chi connectivity index (χ0) is 16.4. The predicted octanol–water partition coefficient (Wildman–Crippen LogP) is 2.09. The van der Waals surface area contributed by atoms with Gasteiger partial charge in [0.15, 0.2) is 0 Å². The summed E-state index contributed by atoms with van der Waals surface area (Å²) < 4.78 is 0. The van der Waals surface area contributed by atoms with Gasteiger partial charge in [-0.15, -0.1) is 0 Å². The third-order valence-corrected chi connectivity index (χ3v) is 5.56. The summed E-state index contributed by atoms with van der Waals surface area (Å²) in [6.45, 7) is 4.09. The average molecular weight is 324 g/mol. The predicted molar refractivity (Wildman–Crippen MR) is 94.5 cm³/mol. The van der Waals surface area contributed by atoms with Gasteiger partial charge in [0.2, 0.25) is 5.95 Å². The summed E-state index contributed by atoms with van der Waals surface area (Å²) in [5.74, 6) is 1.52. The van der Waals surface area contributed by atoms with Crippen LogP contribution >= 0.6 is 0 Å². The van der Waals surface area contributed by atoms with Crippen LogP contribution in [0, 0.1) is 0 Å². The van der Waals surface area contributed by atoms with Crippen molar-refractivity contribution in [2.75, 3.05) is 30.3 Å². The number of anilines is 2. The number of piperidine rings is 1. The minimum absolute atomic E-state index is 0.299. The Bertz CT molecular complexity index is 681. The number of aromatic nitrogens is 3. The Morgan fingerprint density at radius 2 is 1.71 bits per heavy atom. The van der Waals surface area contributed by atoms with Gasteiger partial charge in [0.25, 0.3) is 0 Å². The molecule has 2 fully saturated rings. The topological polar surface area (TPSA) is 71.2 Å². The average Bonchev–Trinajstić information content (AvgIpc) is 3.00. The molecule has 0 atom stereocenters. The quantitative estimate of drug-likeness (QED) is 0.932. The van der Waals surface area contributed by atoms with Crippen LogP contribution in [0.3, 0.4) is 0 Å². The van der Waals surface area contributed by atoms with Crippen LogP contribution in [0.5, 0.6) is 0 Å². The molecular weight excluding hydrogens is 300 g/mol. The lowest BCUT2D eigenvalue weighted by Gasteiger charge is -2.45. The zero-order valence-electron chi connectivity index (χ0n) is 13.9. The number of nitrogens with two attached hydrogens (primary N) is 1. The first kappa shape index (κ1) is 15.3. The van der Waals surface area contributed by atoms with Crippen LogP contribution in [0.15, 0.2) is 36.8 Å². The Morgan fingerprint density at radius 1 is 0.958 bits per heavy atom. The molecule has 4 heterocycles. The Morgan fingerprint density at radius 3 is 2.46 bits per heavy atom. The molecule has 24 heavy (non-hydrogen) atoms. The summed E-state index contributed by atoms with van der Waals surface area (Å²) in [7, 11) is 0. The molecule has 0 radical (unpaired) electrons. The molecule has 2 N–H and O–H groups in total. The number of pyridine rings is 1. The summed E-state index contributed by atoms with van der Waals surface area (Å²) in [6, 6.07) is 5.94. The van der Waals surface area contributed by atoms with Crippen LogP contribution in [0.1, 0.15) is 31.2 Å². The van der Waals surface area contributed by atoms with E-state index < -0.39 is 0 Å². The first-order valence-electron chi connectivity index (χ1n) is 8.73. The molecule has 0 saturated carbocycles. The van der Waals surface area contributed by atoms with Crippen molar-refractivity contribution in [3.05, 3.63) is 42.4 Å². The van der Waals surface area contributed by atoms with Gasteiger partial charge in [-0.25, -0.2) is 15.0 Å². The monoisotopic (exact) mass is 324 g/mol. The molecule has 126 valence electrons. The third kappa shape index (κ3) is 2.82. The molecule has 2 aromatic rings. The lowest BCUT2D eigenvalue weighted by molar-refractivity contribution is 0.0996. The molecule has 6 heteroatoms. The first-order chi connectivity index (χ1) is 11.8. The number of hydrogen-bond donors (Lipinski definition) is 1. The fourth-order valence-corrected chi connectivity index (χ4v) is 4.17. The number of hydrogen-bond acceptors (Lipinski definition) is 6. The normalized spacial score (nSPS) is 20.6. The number of nitrogens with zero attached hydrogens (tertiary/aromatic N) is 5. The minimum Gasteiger partial charge on any atom is -0.383 e. The number of likely N-dealkylation sites (tertiary alicyclic amines) is 1. The maximum absolute atomic E-state index is 6.05. The number of nitrogen functional groups attached to an aromatic ring is 1. The van der Waals surface area contributed by atoms with E-state index in [0.29, 0.717) is 11.4 Å². The molecule has 0 amide bonds. The van der Waals surface area contributed by atoms with Gasteiger partial charge < -0.3 is 10.6 Å². The van der Waals surface area contributed by atoms with Gasteiger partial charge in [-0.1, -0.05) is 6.07 Å². The molecule has 2 saturated heterocycles. The highest BCUT2D eigenvalue weighted by molar-refractivity contribution is 5.38. The standard InChI is InChI=1S/C18H24N6/c19-16-15(4-1-8-20-16)14-24-11-2-5-18(24)6-12-23(13-7-18)17-21-9-3-10-22-17/h1,3-4,8-10H,2,5-7,11-14H2,(H2,19,20). The Kier molecular flexibility index (Phi) is 4.06. The molecule has 0 unspecified atom stereocenters. The van der Waals surface area contributed by atoms with Crippen molar-refractivity contribution >= 4 is 11.8 Å². The van der Waals surface area contributed by atoms with Gasteiger partial charge in [-0.05, 0) is 44.4 Å². The molecule has 2 aliphatic rings. The maximum atomic E-state index is 6.05. The van der Waals surface area contributed by atoms with E-state index in [9.17, 15) is 0 Å². The third-order valence-electron chi connectivity index (χ3n) is 5.56. The highest BCUT2D eigenvalue weighted by Crippen LogP contribution is 2.40. The van der Waals surface area contributed by atoms with E-state index >= 15 is 0 Å². The van der Waals surface area contributed by atoms with E-state index in [2.05, 4.69) is 30.8 Å². The molecule has 0 bridgehead atoms. The smallest absolute Gasteiger partial charge is 0.225 e. The van der Waals surface area contributed by atoms with Gasteiger partial charge in [-0.3, -0.25) is 4.90 Å². The molecule has 6 nitrogen and oxygen atoms in total. The fourth-order valence-electron chi connectivity index (χ4n) is 4.17. The molecule has 0 aliphatic carbocycles. The highest BCUT2D eigenvalue weighted by atomic mass is 15.3. The van der Waals surface area contributed by atoms with E-state index in [1.165, 1.54) is 12.8 Å². The molecule has 2 aliphatic heterocycles. The summed E-state index contributed by atoms with van der Waals surface area (Å²) in [5, 5.41) is 0. The number of rotatable bonds is 3. The van der Waals surface area contributed by atoms with E-state index in [1.54, 1.807) is 6.20 Å². The van der Waals surface area contributed by atoms with Crippen molar-refractivity contribution in [2.24, 2.45) is 0 Å². The fraction of sp³-hybridized carbons (Fsp3) is 0.500. The maximum Gasteiger partial charge on any atom is 0.225 e. The molecule has 0 aromatic carbocycles. The van der Waals surface area contributed by atoms with Crippen molar-refractivity contribution in [3.8, 4) is 0 Å². The summed E-state index contributed by atoms with van der Waals surface area (Å²) in [5.41, 5.74) is 7.50. The van der Waals surface area contributed by atoms with Crippen LogP contribution in [-0.4, -0.2) is 45.0 Å². The van der Waals surface area contributed by atoms with Gasteiger partial charge in [0.05, 0.1) is 0 Å². The first-order valence-corrected chi connectivity index (χ1v) is 8.73. The van der Waals surface area contributed by atoms with E-state index in [1.807, 2.05) is 24.5 Å². The van der Waals surface area contributed by atoms with Crippen LogP contribution < -0.4 is 10.6 Å². The SMILES string of the molecule is Nc1ncccc1CN1CCCC12CCN(c1ncccn1)CC2. The molecular formula is C18H24N6. The second-order valence-corrected chi connectivity index (χ2v) is 6.83. The van der Waals surface area contributed by atoms with Crippen LogP contribution in [-0.2, 0) is 6.54 Å². The van der Waals surface area contributed by atoms with Gasteiger partial charge in [0, 0.05) is 49.3 Å². The molecule has 1 spiro atoms. The second-order valence-electron chi connectivity index (χ2n) is 6.83. The van der Waals surface area contributed by atoms with Gasteiger partial charge in [-0.2, -0.15) is 0 Å². The van der Waals surface area contributed by atoms with Crippen molar-refractivity contribution in [3.63, 3.8) is 0 Å². The van der Waals surface area contributed by atoms with Crippen LogP contribution in [0.25, 0.3) is 0 Å². The van der Waals surface area contributed by atoms with E-state index in [-0.39, 0.29) is 0 Å². The Balaban J connectivity index is 1.46. The minimum atomic E-state index is 0.299. The lowest BCUT2D eigenvalue weighted by Crippen LogP contribution is -2.52. The van der Waals surface area contributed by atoms with Crippen molar-refractivity contribution in [2.45, 2.75) is 37.8 Å². The summed E-state index contributed by atoms with van der Waals surface area (Å²) in [4.78, 5) is 18.0. The zero-order valence-corrected chi connectivity index (χ0v) is 13.9. The molecule has 4 rings (SSSR count). The summed E-state index contributed by atoms with van der Waals surface area (Å²) >= 11 is 0. The van der Waals surface area contributed by atoms with Crippen molar-refractivity contribution < 1.29 is 0 Å². The van der Waals surface area contributed by atoms with Crippen LogP contribution in [0.2, 0.25) is 0 Å². The molecule has 2 aromatic heterocycles. The van der Waals surface area contributed by atoms with Gasteiger partial charge in [0.1, 0.15) is 5.82 Å². The van der Waals surface area contributed by atoms with E-state index in [4.69, 9.17) is 5.73 Å². The summed E-state index contributed by atoms with van der Waals surface area (Å²) in [6.07, 6.45) is 10.3. The largest absolute Gasteiger partial charge is 0.383 e. The van der Waals surface area contributed by atoms with Crippen molar-refractivity contribution in [1.29, 1.82) is 0 Å². The van der Waals surface area contributed by atoms with Crippen molar-refractivity contribution in [1.82, 2.24) is 19.9 Å². The lowest BCUT2D eigenvalue weighted by atomic mass is 9.85. The van der Waals surface area contributed by atoms with Crippen LogP contribution in [0.4, 0.5) is 11.8 Å². The van der Waals surface area contributed by atoms with E-state index in [0.717, 1.165) is 50.5 Å². The second kappa shape index (κ2) is 6.36. The Hall–Kier alpha value is -2.21. The Labute approximate surface area is 142 Å². The highest BCUT2D eigenvalue weighted by Gasteiger charge is 2.43.